The molecule has 0 spiro atoms. The molecule has 1 aliphatic rings. The highest BCUT2D eigenvalue weighted by molar-refractivity contribution is 5.98. The Kier molecular flexibility index (Phi) is 2.90. The number of nitrogens with two attached hydrogens (primary N) is 1. The van der Waals surface area contributed by atoms with Crippen LogP contribution < -0.4 is 5.73 Å². The molecule has 3 N–H and O–H groups in total. The highest BCUT2D eigenvalue weighted by atomic mass is 16.4. The smallest absolute Gasteiger partial charge is 0.323 e. The Morgan fingerprint density at radius 1 is 1.41 bits per heavy atom. The fourth-order valence-corrected chi connectivity index (χ4v) is 1.55. The predicted octanol–water partition coefficient (Wildman–Crippen LogP) is -0.252. The number of amides is 1. The molecule has 1 amide bonds. The molecule has 1 aromatic heterocycles. The Balaban J connectivity index is 2.22. The molecule has 0 saturated heterocycles. The van der Waals surface area contributed by atoms with Crippen LogP contribution in [0.1, 0.15) is 23.3 Å². The molecule has 1 fully saturated rings. The van der Waals surface area contributed by atoms with E-state index in [1.165, 1.54) is 17.3 Å². The van der Waals surface area contributed by atoms with Crippen molar-refractivity contribution in [2.24, 2.45) is 0 Å². The Labute approximate surface area is 97.3 Å². The summed E-state index contributed by atoms with van der Waals surface area (Å²) >= 11 is 0. The average molecular weight is 236 g/mol. The molecule has 7 nitrogen and oxygen atoms in total. The van der Waals surface area contributed by atoms with Crippen molar-refractivity contribution in [1.82, 2.24) is 14.9 Å². The molecule has 90 valence electrons. The van der Waals surface area contributed by atoms with E-state index in [4.69, 9.17) is 10.8 Å². The summed E-state index contributed by atoms with van der Waals surface area (Å²) in [5.74, 6) is -1.50. The summed E-state index contributed by atoms with van der Waals surface area (Å²) in [6.45, 7) is -0.334. The van der Waals surface area contributed by atoms with E-state index in [0.29, 0.717) is 0 Å². The minimum absolute atomic E-state index is 0.0139. The average Bonchev–Trinajstić information content (AvgIpc) is 3.09. The van der Waals surface area contributed by atoms with E-state index >= 15 is 0 Å². The SMILES string of the molecule is Nc1nccnc1C(=O)N(CC(=O)O)C1CC1. The first-order chi connectivity index (χ1) is 8.09. The van der Waals surface area contributed by atoms with Gasteiger partial charge >= 0.3 is 5.97 Å². The third kappa shape index (κ3) is 2.49. The van der Waals surface area contributed by atoms with Gasteiger partial charge in [-0.15, -0.1) is 0 Å². The molecule has 1 heterocycles. The lowest BCUT2D eigenvalue weighted by atomic mass is 10.3. The number of aliphatic carboxylic acids is 1. The molecule has 7 heteroatoms. The molecule has 17 heavy (non-hydrogen) atoms. The monoisotopic (exact) mass is 236 g/mol. The normalized spacial score (nSPS) is 14.4. The van der Waals surface area contributed by atoms with Gasteiger partial charge in [0.25, 0.3) is 5.91 Å². The molecule has 1 aromatic rings. The summed E-state index contributed by atoms with van der Waals surface area (Å²) in [5.41, 5.74) is 5.56. The number of nitrogens with zero attached hydrogens (tertiary/aromatic N) is 3. The highest BCUT2D eigenvalue weighted by Gasteiger charge is 2.35. The third-order valence-electron chi connectivity index (χ3n) is 2.48. The van der Waals surface area contributed by atoms with Crippen molar-refractivity contribution >= 4 is 17.7 Å². The van der Waals surface area contributed by atoms with E-state index in [-0.39, 0.29) is 24.1 Å². The second-order valence-electron chi connectivity index (χ2n) is 3.85. The zero-order valence-corrected chi connectivity index (χ0v) is 9.04. The summed E-state index contributed by atoms with van der Waals surface area (Å²) in [5, 5.41) is 8.76. The molecule has 0 atom stereocenters. The molecule has 0 unspecified atom stereocenters. The van der Waals surface area contributed by atoms with Crippen LogP contribution in [0.5, 0.6) is 0 Å². The van der Waals surface area contributed by atoms with Gasteiger partial charge in [-0.05, 0) is 12.8 Å². The first kappa shape index (κ1) is 11.3. The summed E-state index contributed by atoms with van der Waals surface area (Å²) < 4.78 is 0. The van der Waals surface area contributed by atoms with Crippen molar-refractivity contribution < 1.29 is 14.7 Å². The lowest BCUT2D eigenvalue weighted by Crippen LogP contribution is -2.38. The number of hydrogen-bond acceptors (Lipinski definition) is 5. The maximum atomic E-state index is 12.1. The quantitative estimate of drug-likeness (QED) is 0.745. The van der Waals surface area contributed by atoms with Crippen molar-refractivity contribution in [3.05, 3.63) is 18.1 Å². The van der Waals surface area contributed by atoms with Crippen LogP contribution in [0.25, 0.3) is 0 Å². The van der Waals surface area contributed by atoms with Gasteiger partial charge in [0.05, 0.1) is 0 Å². The Morgan fingerprint density at radius 2 is 2.06 bits per heavy atom. The van der Waals surface area contributed by atoms with Gasteiger partial charge in [-0.3, -0.25) is 9.59 Å². The Bertz CT molecular complexity index is 459. The second kappa shape index (κ2) is 4.36. The summed E-state index contributed by atoms with van der Waals surface area (Å²) in [4.78, 5) is 31.7. The number of nitrogen functional groups attached to an aromatic ring is 1. The van der Waals surface area contributed by atoms with Crippen LogP contribution in [0.2, 0.25) is 0 Å². The summed E-state index contributed by atoms with van der Waals surface area (Å²) in [6, 6.07) is -0.0139. The van der Waals surface area contributed by atoms with Gasteiger partial charge in [0.15, 0.2) is 11.5 Å². The first-order valence-corrected chi connectivity index (χ1v) is 5.19. The number of aromatic nitrogens is 2. The number of rotatable bonds is 4. The van der Waals surface area contributed by atoms with Crippen LogP contribution in [0, 0.1) is 0 Å². The van der Waals surface area contributed by atoms with E-state index < -0.39 is 11.9 Å². The van der Waals surface area contributed by atoms with E-state index in [9.17, 15) is 9.59 Å². The minimum atomic E-state index is -1.05. The van der Waals surface area contributed by atoms with Gasteiger partial charge in [-0.2, -0.15) is 0 Å². The Hall–Kier alpha value is -2.18. The molecular formula is C10H12N4O3. The number of anilines is 1. The van der Waals surface area contributed by atoms with Gasteiger partial charge < -0.3 is 15.7 Å². The Morgan fingerprint density at radius 3 is 2.59 bits per heavy atom. The molecule has 0 aliphatic heterocycles. The molecule has 0 radical (unpaired) electrons. The number of hydrogen-bond donors (Lipinski definition) is 2. The molecular weight excluding hydrogens is 224 g/mol. The van der Waals surface area contributed by atoms with Crippen molar-refractivity contribution in [3.8, 4) is 0 Å². The minimum Gasteiger partial charge on any atom is -0.480 e. The van der Waals surface area contributed by atoms with Gasteiger partial charge in [0, 0.05) is 18.4 Å². The number of carboxylic acids is 1. The van der Waals surface area contributed by atoms with Gasteiger partial charge in [0.1, 0.15) is 6.54 Å². The maximum absolute atomic E-state index is 12.1. The lowest BCUT2D eigenvalue weighted by Gasteiger charge is -2.19. The number of carbonyl (C=O) groups excluding carboxylic acids is 1. The first-order valence-electron chi connectivity index (χ1n) is 5.19. The third-order valence-corrected chi connectivity index (χ3v) is 2.48. The predicted molar refractivity (Wildman–Crippen MR) is 58.1 cm³/mol. The van der Waals surface area contributed by atoms with Crippen LogP contribution in [-0.2, 0) is 4.79 Å². The largest absolute Gasteiger partial charge is 0.480 e. The van der Waals surface area contributed by atoms with Crippen LogP contribution in [0.4, 0.5) is 5.82 Å². The van der Waals surface area contributed by atoms with Crippen molar-refractivity contribution in [1.29, 1.82) is 0 Å². The van der Waals surface area contributed by atoms with Crippen molar-refractivity contribution in [2.75, 3.05) is 12.3 Å². The van der Waals surface area contributed by atoms with E-state index in [2.05, 4.69) is 9.97 Å². The van der Waals surface area contributed by atoms with Crippen LogP contribution >= 0.6 is 0 Å². The molecule has 0 aromatic carbocycles. The fourth-order valence-electron chi connectivity index (χ4n) is 1.55. The zero-order chi connectivity index (χ0) is 12.4. The van der Waals surface area contributed by atoms with Gasteiger partial charge in [0.2, 0.25) is 0 Å². The van der Waals surface area contributed by atoms with E-state index in [0.717, 1.165) is 12.8 Å². The molecule has 1 aliphatic carbocycles. The van der Waals surface area contributed by atoms with Gasteiger partial charge in [-0.1, -0.05) is 0 Å². The number of carbonyl (C=O) groups is 2. The highest BCUT2D eigenvalue weighted by Crippen LogP contribution is 2.28. The lowest BCUT2D eigenvalue weighted by molar-refractivity contribution is -0.137. The molecule has 0 bridgehead atoms. The van der Waals surface area contributed by atoms with Gasteiger partial charge in [-0.25, -0.2) is 9.97 Å². The summed E-state index contributed by atoms with van der Waals surface area (Å²) in [6.07, 6.45) is 4.37. The summed E-state index contributed by atoms with van der Waals surface area (Å²) in [7, 11) is 0. The van der Waals surface area contributed by atoms with Crippen LogP contribution in [0.3, 0.4) is 0 Å². The zero-order valence-electron chi connectivity index (χ0n) is 9.04. The van der Waals surface area contributed by atoms with Crippen LogP contribution in [0.15, 0.2) is 12.4 Å². The van der Waals surface area contributed by atoms with Crippen LogP contribution in [-0.4, -0.2) is 44.4 Å². The standard InChI is InChI=1S/C10H12N4O3/c11-9-8(12-3-4-13-9)10(17)14(5-7(15)16)6-1-2-6/h3-4,6H,1-2,5H2,(H2,11,13)(H,15,16). The maximum Gasteiger partial charge on any atom is 0.323 e. The van der Waals surface area contributed by atoms with E-state index in [1.807, 2.05) is 0 Å². The fraction of sp³-hybridized carbons (Fsp3) is 0.400. The van der Waals surface area contributed by atoms with E-state index in [1.54, 1.807) is 0 Å². The molecule has 1 saturated carbocycles. The topological polar surface area (TPSA) is 109 Å². The van der Waals surface area contributed by atoms with Crippen molar-refractivity contribution in [2.45, 2.75) is 18.9 Å². The number of carboxylic acid groups (broad SMARTS) is 1. The molecule has 2 rings (SSSR count). The van der Waals surface area contributed by atoms with Crippen molar-refractivity contribution in [3.63, 3.8) is 0 Å². The second-order valence-corrected chi connectivity index (χ2v) is 3.85.